The zero-order valence-corrected chi connectivity index (χ0v) is 15.2. The number of carbonyl (C=O) groups is 2. The molecule has 0 fully saturated rings. The van der Waals surface area contributed by atoms with Crippen LogP contribution in [0.5, 0.6) is 0 Å². The van der Waals surface area contributed by atoms with Crippen molar-refractivity contribution in [2.75, 3.05) is 0 Å². The molecule has 2 aromatic rings. The first kappa shape index (κ1) is 19.1. The molecule has 0 aliphatic heterocycles. The molecule has 0 bridgehead atoms. The molecule has 25 heavy (non-hydrogen) atoms. The fraction of sp³-hybridized carbons (Fsp3) is 0.389. The molecular formula is C18H21FN2O3S. The number of aliphatic carboxylic acids is 1. The number of carboxylic acids is 1. The molecule has 0 radical (unpaired) electrons. The molecule has 0 aliphatic rings. The molecule has 0 aliphatic carbocycles. The van der Waals surface area contributed by atoms with E-state index in [0.717, 1.165) is 10.6 Å². The third-order valence-corrected chi connectivity index (χ3v) is 4.78. The van der Waals surface area contributed by atoms with Crippen molar-refractivity contribution in [1.82, 2.24) is 10.3 Å². The highest BCUT2D eigenvalue weighted by Crippen LogP contribution is 2.21. The molecule has 1 heterocycles. The van der Waals surface area contributed by atoms with Crippen LogP contribution in [0.15, 0.2) is 24.3 Å². The summed E-state index contributed by atoms with van der Waals surface area (Å²) >= 11 is 1.23. The number of hydrogen-bond donors (Lipinski definition) is 2. The smallest absolute Gasteiger partial charge is 0.326 e. The number of aromatic nitrogens is 1. The van der Waals surface area contributed by atoms with Gasteiger partial charge in [0.15, 0.2) is 0 Å². The topological polar surface area (TPSA) is 79.3 Å². The van der Waals surface area contributed by atoms with Gasteiger partial charge in [0.1, 0.15) is 16.7 Å². The summed E-state index contributed by atoms with van der Waals surface area (Å²) < 4.78 is 13.0. The average molecular weight is 364 g/mol. The van der Waals surface area contributed by atoms with Crippen LogP contribution >= 0.6 is 11.3 Å². The highest BCUT2D eigenvalue weighted by atomic mass is 32.1. The summed E-state index contributed by atoms with van der Waals surface area (Å²) in [6.07, 6.45) is 0.856. The molecule has 2 rings (SSSR count). The summed E-state index contributed by atoms with van der Waals surface area (Å²) in [5, 5.41) is 12.6. The molecule has 2 N–H and O–H groups in total. The highest BCUT2D eigenvalue weighted by molar-refractivity contribution is 7.13. The van der Waals surface area contributed by atoms with Crippen molar-refractivity contribution >= 4 is 23.2 Å². The number of rotatable bonds is 7. The van der Waals surface area contributed by atoms with E-state index in [4.69, 9.17) is 0 Å². The minimum atomic E-state index is -1.05. The third kappa shape index (κ3) is 5.35. The van der Waals surface area contributed by atoms with Gasteiger partial charge in [-0.3, -0.25) is 4.79 Å². The Hall–Kier alpha value is -2.28. The number of thiazole rings is 1. The Morgan fingerprint density at radius 1 is 1.28 bits per heavy atom. The first-order chi connectivity index (χ1) is 11.8. The van der Waals surface area contributed by atoms with Gasteiger partial charge in [-0.05, 0) is 37.0 Å². The average Bonchev–Trinajstić information content (AvgIpc) is 2.89. The number of carboxylic acid groups (broad SMARTS) is 1. The van der Waals surface area contributed by atoms with Crippen LogP contribution in [0.2, 0.25) is 0 Å². The van der Waals surface area contributed by atoms with E-state index in [-0.39, 0.29) is 11.7 Å². The predicted octanol–water partition coefficient (Wildman–Crippen LogP) is 3.41. The van der Waals surface area contributed by atoms with Gasteiger partial charge in [0.25, 0.3) is 5.91 Å². The molecule has 134 valence electrons. The van der Waals surface area contributed by atoms with E-state index < -0.39 is 17.9 Å². The third-order valence-electron chi connectivity index (χ3n) is 3.63. The largest absolute Gasteiger partial charge is 0.480 e. The van der Waals surface area contributed by atoms with Crippen molar-refractivity contribution in [3.63, 3.8) is 0 Å². The van der Waals surface area contributed by atoms with E-state index in [0.29, 0.717) is 23.4 Å². The van der Waals surface area contributed by atoms with Crippen LogP contribution in [0.1, 0.15) is 46.2 Å². The second-order valence-corrected chi connectivity index (χ2v) is 7.40. The summed E-state index contributed by atoms with van der Waals surface area (Å²) in [6.45, 7) is 5.53. The molecular weight excluding hydrogens is 343 g/mol. The second-order valence-electron chi connectivity index (χ2n) is 6.32. The molecule has 1 aromatic carbocycles. The maximum atomic E-state index is 13.0. The highest BCUT2D eigenvalue weighted by Gasteiger charge is 2.24. The minimum Gasteiger partial charge on any atom is -0.480 e. The monoisotopic (exact) mass is 364 g/mol. The number of hydrogen-bond acceptors (Lipinski definition) is 4. The predicted molar refractivity (Wildman–Crippen MR) is 94.4 cm³/mol. The Balaban J connectivity index is 2.11. The SMILES string of the molecule is Cc1nc(Cc2ccc(F)cc2)sc1C(=O)N[C@@H](CC(C)C)C(=O)O. The lowest BCUT2D eigenvalue weighted by Crippen LogP contribution is -2.41. The first-order valence-corrected chi connectivity index (χ1v) is 8.82. The van der Waals surface area contributed by atoms with Crippen LogP contribution < -0.4 is 5.32 Å². The van der Waals surface area contributed by atoms with E-state index in [1.54, 1.807) is 19.1 Å². The van der Waals surface area contributed by atoms with Gasteiger partial charge in [0.05, 0.1) is 10.7 Å². The molecule has 5 nitrogen and oxygen atoms in total. The van der Waals surface area contributed by atoms with Crippen molar-refractivity contribution in [3.05, 3.63) is 51.2 Å². The van der Waals surface area contributed by atoms with E-state index >= 15 is 0 Å². The van der Waals surface area contributed by atoms with E-state index in [1.165, 1.54) is 23.5 Å². The number of nitrogens with one attached hydrogen (secondary N) is 1. The minimum absolute atomic E-state index is 0.151. The van der Waals surface area contributed by atoms with Crippen molar-refractivity contribution < 1.29 is 19.1 Å². The fourth-order valence-electron chi connectivity index (χ4n) is 2.43. The Morgan fingerprint density at radius 2 is 1.92 bits per heavy atom. The summed E-state index contributed by atoms with van der Waals surface area (Å²) in [7, 11) is 0. The van der Waals surface area contributed by atoms with Crippen molar-refractivity contribution in [2.45, 2.75) is 39.7 Å². The molecule has 1 amide bonds. The Labute approximate surface area is 149 Å². The van der Waals surface area contributed by atoms with E-state index in [9.17, 15) is 19.1 Å². The zero-order valence-electron chi connectivity index (χ0n) is 14.4. The standard InChI is InChI=1S/C18H21FN2O3S/c1-10(2)8-14(18(23)24)21-17(22)16-11(3)20-15(25-16)9-12-4-6-13(19)7-5-12/h4-7,10,14H,8-9H2,1-3H3,(H,21,22)(H,23,24)/t14-/m0/s1. The summed E-state index contributed by atoms with van der Waals surface area (Å²) in [4.78, 5) is 28.5. The molecule has 0 saturated carbocycles. The lowest BCUT2D eigenvalue weighted by molar-refractivity contribution is -0.139. The number of benzene rings is 1. The summed E-state index contributed by atoms with van der Waals surface area (Å²) in [5.74, 6) is -1.62. The van der Waals surface area contributed by atoms with Crippen molar-refractivity contribution in [1.29, 1.82) is 0 Å². The van der Waals surface area contributed by atoms with Crippen molar-refractivity contribution in [2.24, 2.45) is 5.92 Å². The maximum absolute atomic E-state index is 13.0. The number of carbonyl (C=O) groups excluding carboxylic acids is 1. The van der Waals surface area contributed by atoms with Crippen LogP contribution in [0, 0.1) is 18.7 Å². The number of aryl methyl sites for hydroxylation is 1. The number of amides is 1. The van der Waals surface area contributed by atoms with Gasteiger partial charge in [-0.25, -0.2) is 14.2 Å². The number of halogens is 1. The van der Waals surface area contributed by atoms with Gasteiger partial charge in [-0.2, -0.15) is 0 Å². The second kappa shape index (κ2) is 8.20. The van der Waals surface area contributed by atoms with Gasteiger partial charge < -0.3 is 10.4 Å². The Kier molecular flexibility index (Phi) is 6.25. The quantitative estimate of drug-likeness (QED) is 0.789. The van der Waals surface area contributed by atoms with Gasteiger partial charge in [0, 0.05) is 6.42 Å². The lowest BCUT2D eigenvalue weighted by atomic mass is 10.0. The van der Waals surface area contributed by atoms with Crippen LogP contribution in [0.4, 0.5) is 4.39 Å². The molecule has 1 atom stereocenters. The Morgan fingerprint density at radius 3 is 2.48 bits per heavy atom. The van der Waals surface area contributed by atoms with Gasteiger partial charge in [-0.15, -0.1) is 11.3 Å². The Bertz CT molecular complexity index is 756. The van der Waals surface area contributed by atoms with Gasteiger partial charge >= 0.3 is 5.97 Å². The van der Waals surface area contributed by atoms with Crippen LogP contribution in [-0.4, -0.2) is 28.0 Å². The zero-order chi connectivity index (χ0) is 18.6. The van der Waals surface area contributed by atoms with Crippen LogP contribution in [0.3, 0.4) is 0 Å². The number of nitrogens with zero attached hydrogens (tertiary/aromatic N) is 1. The molecule has 0 unspecified atom stereocenters. The lowest BCUT2D eigenvalue weighted by Gasteiger charge is -2.15. The maximum Gasteiger partial charge on any atom is 0.326 e. The van der Waals surface area contributed by atoms with Gasteiger partial charge in [-0.1, -0.05) is 26.0 Å². The molecule has 0 spiro atoms. The van der Waals surface area contributed by atoms with Crippen LogP contribution in [0.25, 0.3) is 0 Å². The first-order valence-electron chi connectivity index (χ1n) is 8.00. The van der Waals surface area contributed by atoms with Crippen molar-refractivity contribution in [3.8, 4) is 0 Å². The summed E-state index contributed by atoms with van der Waals surface area (Å²) in [6, 6.07) is 5.19. The van der Waals surface area contributed by atoms with Gasteiger partial charge in [0.2, 0.25) is 0 Å². The molecule has 0 saturated heterocycles. The van der Waals surface area contributed by atoms with E-state index in [1.807, 2.05) is 13.8 Å². The summed E-state index contributed by atoms with van der Waals surface area (Å²) in [5.41, 5.74) is 1.46. The van der Waals surface area contributed by atoms with E-state index in [2.05, 4.69) is 10.3 Å². The van der Waals surface area contributed by atoms with Crippen LogP contribution in [-0.2, 0) is 11.2 Å². The fourth-order valence-corrected chi connectivity index (χ4v) is 3.43. The molecule has 1 aromatic heterocycles. The normalized spacial score (nSPS) is 12.2. The molecule has 7 heteroatoms.